The van der Waals surface area contributed by atoms with E-state index >= 15 is 0 Å². The molecule has 0 aromatic rings. The molecule has 0 unspecified atom stereocenters. The highest BCUT2D eigenvalue weighted by Gasteiger charge is 2.01. The normalized spacial score (nSPS) is 11.0. The van der Waals surface area contributed by atoms with Crippen LogP contribution >= 0.6 is 0 Å². The van der Waals surface area contributed by atoms with Crippen molar-refractivity contribution in [2.45, 2.75) is 33.7 Å². The topological polar surface area (TPSA) is 52.2 Å². The Kier molecular flexibility index (Phi) is 23.7. The molecule has 0 aromatic heterocycles. The highest BCUT2D eigenvalue weighted by molar-refractivity contribution is 4.55. The van der Waals surface area contributed by atoms with Crippen molar-refractivity contribution in [3.8, 4) is 0 Å². The van der Waals surface area contributed by atoms with Crippen LogP contribution in [0.5, 0.6) is 0 Å². The Morgan fingerprint density at radius 2 is 1.17 bits per heavy atom. The van der Waals surface area contributed by atoms with Crippen LogP contribution in [0.1, 0.15) is 29.1 Å². The molecule has 0 aromatic carbocycles. The number of rotatable bonds is 16. The van der Waals surface area contributed by atoms with Crippen LogP contribution in [-0.4, -0.2) is 91.0 Å². The third-order valence-corrected chi connectivity index (χ3v) is 3.08. The van der Waals surface area contributed by atoms with Crippen LogP contribution in [0.25, 0.3) is 0 Å². The summed E-state index contributed by atoms with van der Waals surface area (Å²) in [5.41, 5.74) is 0. The smallest absolute Gasteiger partial charge is 0.0701 e. The van der Waals surface area contributed by atoms with Crippen molar-refractivity contribution in [1.29, 1.82) is 0 Å². The maximum Gasteiger partial charge on any atom is 0.0701 e. The number of likely N-dealkylation sites (N-methyl/N-ethyl adjacent to an activating group) is 2. The largest absolute Gasteiger partial charge is 0.378 e. The molecule has 0 atom stereocenters. The maximum absolute atomic E-state index is 5.50. The lowest BCUT2D eigenvalue weighted by molar-refractivity contribution is -0.00348. The maximum atomic E-state index is 5.50. The van der Waals surface area contributed by atoms with E-state index in [-0.39, 0.29) is 1.43 Å². The van der Waals surface area contributed by atoms with Crippen LogP contribution in [0.4, 0.5) is 0 Å². The fourth-order valence-corrected chi connectivity index (χ4v) is 1.40. The number of nitrogens with one attached hydrogen (secondary N) is 1. The summed E-state index contributed by atoms with van der Waals surface area (Å²) in [6, 6.07) is 0.559. The summed E-state index contributed by atoms with van der Waals surface area (Å²) in [4.78, 5) is 2.26. The van der Waals surface area contributed by atoms with Gasteiger partial charge in [0, 0.05) is 20.6 Å². The van der Waals surface area contributed by atoms with E-state index in [1.165, 1.54) is 0 Å². The molecule has 1 N–H and O–H groups in total. The lowest BCUT2D eigenvalue weighted by Gasteiger charge is -2.20. The molecule has 0 bridgehead atoms. The molecule has 0 rings (SSSR count). The monoisotopic (exact) mass is 338 g/mol. The summed E-state index contributed by atoms with van der Waals surface area (Å²) < 4.78 is 21.6. The predicted octanol–water partition coefficient (Wildman–Crippen LogP) is 1.88. The van der Waals surface area contributed by atoms with Crippen molar-refractivity contribution in [3.63, 3.8) is 0 Å². The van der Waals surface area contributed by atoms with Gasteiger partial charge in [-0.15, -0.1) is 0 Å². The highest BCUT2D eigenvalue weighted by Crippen LogP contribution is 1.92. The Balaban J connectivity index is -0.00000141. The second-order valence-corrected chi connectivity index (χ2v) is 5.13. The van der Waals surface area contributed by atoms with Crippen molar-refractivity contribution in [2.75, 3.05) is 80.0 Å². The van der Waals surface area contributed by atoms with Crippen molar-refractivity contribution < 1.29 is 20.4 Å². The summed E-state index contributed by atoms with van der Waals surface area (Å²) in [6.45, 7) is 15.4. The molecule has 0 aliphatic carbocycles. The van der Waals surface area contributed by atoms with E-state index in [4.69, 9.17) is 18.9 Å². The van der Waals surface area contributed by atoms with E-state index in [0.717, 1.165) is 26.3 Å². The molecule has 0 aliphatic rings. The first-order valence-electron chi connectivity index (χ1n) is 8.84. The SMILES string of the molecule is CC.CNCCOCCOCCOCCOCCN(C)C(C)C.[HH]. The van der Waals surface area contributed by atoms with Gasteiger partial charge in [0.05, 0.1) is 52.9 Å². The van der Waals surface area contributed by atoms with Crippen molar-refractivity contribution in [3.05, 3.63) is 0 Å². The fourth-order valence-electron chi connectivity index (χ4n) is 1.40. The predicted molar refractivity (Wildman–Crippen MR) is 98.4 cm³/mol. The zero-order valence-corrected chi connectivity index (χ0v) is 16.2. The molecular formula is C17H42N2O4. The molecule has 0 fully saturated rings. The number of nitrogens with zero attached hydrogens (tertiary/aromatic N) is 1. The quantitative estimate of drug-likeness (QED) is 0.434. The minimum Gasteiger partial charge on any atom is -0.378 e. The van der Waals surface area contributed by atoms with E-state index in [0.29, 0.717) is 45.7 Å². The van der Waals surface area contributed by atoms with Crippen molar-refractivity contribution in [2.24, 2.45) is 0 Å². The van der Waals surface area contributed by atoms with Gasteiger partial charge in [-0.05, 0) is 27.9 Å². The van der Waals surface area contributed by atoms with Gasteiger partial charge in [0.25, 0.3) is 0 Å². The first-order chi connectivity index (χ1) is 11.2. The van der Waals surface area contributed by atoms with Gasteiger partial charge in [-0.3, -0.25) is 0 Å². The van der Waals surface area contributed by atoms with Gasteiger partial charge in [-0.1, -0.05) is 13.8 Å². The van der Waals surface area contributed by atoms with Gasteiger partial charge in [-0.25, -0.2) is 0 Å². The Morgan fingerprint density at radius 3 is 1.57 bits per heavy atom. The second-order valence-electron chi connectivity index (χ2n) is 5.13. The zero-order chi connectivity index (χ0) is 17.8. The summed E-state index contributed by atoms with van der Waals surface area (Å²) in [5, 5.41) is 3.02. The Bertz CT molecular complexity index is 213. The van der Waals surface area contributed by atoms with Crippen LogP contribution < -0.4 is 5.32 Å². The Hall–Kier alpha value is -0.240. The van der Waals surface area contributed by atoms with Crippen molar-refractivity contribution in [1.82, 2.24) is 10.2 Å². The molecule has 0 aliphatic heterocycles. The molecule has 0 saturated carbocycles. The molecule has 0 amide bonds. The third kappa shape index (κ3) is 21.8. The van der Waals surface area contributed by atoms with Gasteiger partial charge in [-0.2, -0.15) is 0 Å². The summed E-state index contributed by atoms with van der Waals surface area (Å²) in [7, 11) is 4.01. The van der Waals surface area contributed by atoms with Crippen LogP contribution in [0.15, 0.2) is 0 Å². The number of hydrogen-bond donors (Lipinski definition) is 1. The second kappa shape index (κ2) is 21.8. The molecule has 0 saturated heterocycles. The summed E-state index contributed by atoms with van der Waals surface area (Å²) >= 11 is 0. The van der Waals surface area contributed by atoms with Crippen molar-refractivity contribution >= 4 is 0 Å². The number of hydrogen-bond acceptors (Lipinski definition) is 6. The average Bonchev–Trinajstić information content (AvgIpc) is 2.56. The first kappa shape index (κ1) is 25.0. The summed E-state index contributed by atoms with van der Waals surface area (Å²) in [6.07, 6.45) is 0. The minimum atomic E-state index is 0. The van der Waals surface area contributed by atoms with Crippen LogP contribution in [0.2, 0.25) is 0 Å². The first-order valence-corrected chi connectivity index (χ1v) is 8.84. The van der Waals surface area contributed by atoms with Gasteiger partial charge < -0.3 is 29.2 Å². The van der Waals surface area contributed by atoms with Gasteiger partial charge in [0.15, 0.2) is 0 Å². The Morgan fingerprint density at radius 1 is 0.783 bits per heavy atom. The molecule has 23 heavy (non-hydrogen) atoms. The standard InChI is InChI=1S/C15H34N2O4.C2H6.H2/c1-15(2)17(4)6-8-19-10-12-21-14-13-20-11-9-18-7-5-16-3;1-2;/h15-16H,5-14H2,1-4H3;1-2H3;1H. The highest BCUT2D eigenvalue weighted by atomic mass is 16.6. The summed E-state index contributed by atoms with van der Waals surface area (Å²) in [5.74, 6) is 0. The molecule has 6 nitrogen and oxygen atoms in total. The van der Waals surface area contributed by atoms with Gasteiger partial charge in [0.2, 0.25) is 0 Å². The average molecular weight is 339 g/mol. The fraction of sp³-hybridized carbons (Fsp3) is 1.00. The molecule has 6 heteroatoms. The van der Waals surface area contributed by atoms with E-state index in [9.17, 15) is 0 Å². The lowest BCUT2D eigenvalue weighted by Crippen LogP contribution is -2.30. The van der Waals surface area contributed by atoms with Crippen LogP contribution in [0.3, 0.4) is 0 Å². The van der Waals surface area contributed by atoms with Gasteiger partial charge in [0.1, 0.15) is 0 Å². The third-order valence-electron chi connectivity index (χ3n) is 3.08. The van der Waals surface area contributed by atoms with E-state index < -0.39 is 0 Å². The molecule has 0 heterocycles. The number of ether oxygens (including phenoxy) is 4. The Labute approximate surface area is 145 Å². The van der Waals surface area contributed by atoms with E-state index in [1.54, 1.807) is 0 Å². The zero-order valence-electron chi connectivity index (χ0n) is 16.2. The van der Waals surface area contributed by atoms with Crippen LogP contribution in [0, 0.1) is 0 Å². The molecular weight excluding hydrogens is 296 g/mol. The molecule has 0 spiro atoms. The van der Waals surface area contributed by atoms with E-state index in [1.807, 2.05) is 20.9 Å². The van der Waals surface area contributed by atoms with Gasteiger partial charge >= 0.3 is 0 Å². The minimum absolute atomic E-state index is 0. The van der Waals surface area contributed by atoms with Crippen LogP contribution in [-0.2, 0) is 18.9 Å². The molecule has 144 valence electrons. The lowest BCUT2D eigenvalue weighted by atomic mass is 10.3. The molecule has 0 radical (unpaired) electrons. The van der Waals surface area contributed by atoms with E-state index in [2.05, 4.69) is 31.1 Å².